The summed E-state index contributed by atoms with van der Waals surface area (Å²) in [5, 5.41) is 4.37. The van der Waals surface area contributed by atoms with Gasteiger partial charge in [-0.1, -0.05) is 152 Å². The third-order valence-electron chi connectivity index (χ3n) is 10.5. The molecule has 0 aliphatic carbocycles. The summed E-state index contributed by atoms with van der Waals surface area (Å²) in [6.07, 6.45) is 3.84. The minimum Gasteiger partial charge on any atom is -0.456 e. The number of hydrogen-bond donors (Lipinski definition) is 0. The number of fused-ring (bicyclic) bond motifs is 4. The van der Waals surface area contributed by atoms with Gasteiger partial charge in [0.2, 0.25) is 0 Å². The van der Waals surface area contributed by atoms with Gasteiger partial charge in [0.25, 0.3) is 0 Å². The number of nitrogens with zero attached hydrogens (tertiary/aromatic N) is 3. The SMILES string of the molecule is C=C/C(c1nc(-c2ccccc2)nc(-c2cccc(-c3ccccc3)c2)n1)=c1\c(=C/C)oc2ccc(-c3cccc4sc5cc(-c6ccccc6)ccc5c34)cc12. The van der Waals surface area contributed by atoms with Crippen LogP contribution in [0.4, 0.5) is 0 Å². The fourth-order valence-corrected chi connectivity index (χ4v) is 8.93. The molecule has 57 heavy (non-hydrogen) atoms. The van der Waals surface area contributed by atoms with Crippen LogP contribution in [-0.2, 0) is 0 Å². The largest absolute Gasteiger partial charge is 0.456 e. The standard InChI is InChI=1S/C52H35N3OS/c1-3-40(52-54-50(35-20-12-7-13-21-35)53-51(55-52)39-23-14-22-36(30-39)33-16-8-5-9-17-33)48-43-31-38(27-29-45(43)56-44(48)4-2)41-24-15-25-46-49(41)42-28-26-37(32-47(42)57-46)34-18-10-6-11-19-34/h3-32H,1H2,2H3/b44-4+,48-40+. The van der Waals surface area contributed by atoms with Crippen molar-refractivity contribution < 1.29 is 4.42 Å². The van der Waals surface area contributed by atoms with E-state index in [1.807, 2.05) is 66.8 Å². The summed E-state index contributed by atoms with van der Waals surface area (Å²) in [6.45, 7) is 6.31. The zero-order valence-corrected chi connectivity index (χ0v) is 32.0. The molecule has 10 aromatic rings. The topological polar surface area (TPSA) is 51.8 Å². The van der Waals surface area contributed by atoms with Crippen LogP contribution in [0.15, 0.2) is 187 Å². The fraction of sp³-hybridized carbons (Fsp3) is 0.0192. The normalized spacial score (nSPS) is 12.4. The molecule has 270 valence electrons. The third-order valence-corrected chi connectivity index (χ3v) is 11.6. The lowest BCUT2D eigenvalue weighted by Gasteiger charge is -2.10. The summed E-state index contributed by atoms with van der Waals surface area (Å²) in [5.74, 6) is 1.69. The lowest BCUT2D eigenvalue weighted by Crippen LogP contribution is -2.24. The van der Waals surface area contributed by atoms with Crippen molar-refractivity contribution >= 4 is 54.1 Å². The molecule has 0 N–H and O–H groups in total. The molecule has 0 saturated heterocycles. The van der Waals surface area contributed by atoms with Gasteiger partial charge in [-0.3, -0.25) is 0 Å². The molecule has 0 fully saturated rings. The molecule has 10 rings (SSSR count). The highest BCUT2D eigenvalue weighted by Gasteiger charge is 2.18. The molecule has 0 unspecified atom stereocenters. The number of thiophene rings is 1. The van der Waals surface area contributed by atoms with Crippen LogP contribution < -0.4 is 10.6 Å². The molecule has 3 heterocycles. The Kier molecular flexibility index (Phi) is 8.70. The minimum atomic E-state index is 0.523. The van der Waals surface area contributed by atoms with E-state index in [2.05, 4.69) is 140 Å². The second-order valence-electron chi connectivity index (χ2n) is 13.9. The maximum atomic E-state index is 6.54. The molecule has 0 aliphatic rings. The number of rotatable bonds is 7. The molecule has 0 radical (unpaired) electrons. The summed E-state index contributed by atoms with van der Waals surface area (Å²) in [6, 6.07) is 59.2. The number of hydrogen-bond acceptors (Lipinski definition) is 5. The Labute approximate surface area is 334 Å². The zero-order chi connectivity index (χ0) is 38.3. The Bertz CT molecular complexity index is 3260. The van der Waals surface area contributed by atoms with Gasteiger partial charge >= 0.3 is 0 Å². The highest BCUT2D eigenvalue weighted by molar-refractivity contribution is 7.26. The molecule has 4 nitrogen and oxygen atoms in total. The second-order valence-corrected chi connectivity index (χ2v) is 15.0. The molecular formula is C52H35N3OS. The van der Waals surface area contributed by atoms with E-state index in [1.54, 1.807) is 0 Å². The van der Waals surface area contributed by atoms with Gasteiger partial charge in [0, 0.05) is 47.5 Å². The van der Waals surface area contributed by atoms with Gasteiger partial charge in [-0.25, -0.2) is 15.0 Å². The van der Waals surface area contributed by atoms with Crippen molar-refractivity contribution in [2.45, 2.75) is 6.92 Å². The van der Waals surface area contributed by atoms with Crippen LogP contribution in [0.5, 0.6) is 0 Å². The molecule has 0 atom stereocenters. The molecule has 0 spiro atoms. The number of furan rings is 1. The summed E-state index contributed by atoms with van der Waals surface area (Å²) < 4.78 is 9.06. The fourth-order valence-electron chi connectivity index (χ4n) is 7.76. The van der Waals surface area contributed by atoms with Crippen LogP contribution in [0.1, 0.15) is 12.7 Å². The number of aromatic nitrogens is 3. The van der Waals surface area contributed by atoms with Gasteiger partial charge in [-0.05, 0) is 76.7 Å². The Morgan fingerprint density at radius 2 is 1.14 bits per heavy atom. The van der Waals surface area contributed by atoms with Crippen LogP contribution in [0.2, 0.25) is 0 Å². The van der Waals surface area contributed by atoms with E-state index in [0.717, 1.165) is 55.0 Å². The first-order valence-electron chi connectivity index (χ1n) is 19.0. The predicted molar refractivity (Wildman–Crippen MR) is 238 cm³/mol. The van der Waals surface area contributed by atoms with Gasteiger partial charge in [-0.15, -0.1) is 11.3 Å². The van der Waals surface area contributed by atoms with Crippen molar-refractivity contribution in [2.24, 2.45) is 0 Å². The van der Waals surface area contributed by atoms with Crippen LogP contribution >= 0.6 is 11.3 Å². The van der Waals surface area contributed by atoms with E-state index in [0.29, 0.717) is 17.5 Å². The average Bonchev–Trinajstić information content (AvgIpc) is 3.85. The molecule has 0 aliphatic heterocycles. The van der Waals surface area contributed by atoms with Gasteiger partial charge in [0.15, 0.2) is 17.5 Å². The molecule has 0 amide bonds. The van der Waals surface area contributed by atoms with Crippen molar-refractivity contribution in [3.8, 4) is 56.2 Å². The number of allylic oxidation sites excluding steroid dienone is 1. The van der Waals surface area contributed by atoms with E-state index in [9.17, 15) is 0 Å². The monoisotopic (exact) mass is 749 g/mol. The van der Waals surface area contributed by atoms with E-state index in [1.165, 1.54) is 36.9 Å². The second kappa shape index (κ2) is 14.5. The lowest BCUT2D eigenvalue weighted by atomic mass is 9.97. The van der Waals surface area contributed by atoms with E-state index >= 15 is 0 Å². The molecule has 7 aromatic carbocycles. The summed E-state index contributed by atoms with van der Waals surface area (Å²) in [7, 11) is 0. The first kappa shape index (κ1) is 34.3. The van der Waals surface area contributed by atoms with Crippen LogP contribution in [0.25, 0.3) is 98.9 Å². The van der Waals surface area contributed by atoms with Gasteiger partial charge < -0.3 is 4.42 Å². The average molecular weight is 750 g/mol. The Morgan fingerprint density at radius 1 is 0.526 bits per heavy atom. The quantitative estimate of drug-likeness (QED) is 0.163. The molecular weight excluding hydrogens is 715 g/mol. The van der Waals surface area contributed by atoms with E-state index in [4.69, 9.17) is 19.4 Å². The van der Waals surface area contributed by atoms with Crippen molar-refractivity contribution in [3.05, 3.63) is 199 Å². The first-order valence-corrected chi connectivity index (χ1v) is 19.8. The summed E-state index contributed by atoms with van der Waals surface area (Å²) in [4.78, 5) is 15.3. The molecule has 3 aromatic heterocycles. The minimum absolute atomic E-state index is 0.523. The lowest BCUT2D eigenvalue weighted by molar-refractivity contribution is 0.574. The van der Waals surface area contributed by atoms with Gasteiger partial charge in [0.1, 0.15) is 11.0 Å². The van der Waals surface area contributed by atoms with Crippen LogP contribution in [0.3, 0.4) is 0 Å². The molecule has 0 bridgehead atoms. The van der Waals surface area contributed by atoms with E-state index < -0.39 is 0 Å². The Balaban J connectivity index is 1.17. The maximum Gasteiger partial charge on any atom is 0.164 e. The smallest absolute Gasteiger partial charge is 0.164 e. The highest BCUT2D eigenvalue weighted by Crippen LogP contribution is 2.42. The maximum absolute atomic E-state index is 6.54. The Morgan fingerprint density at radius 3 is 1.84 bits per heavy atom. The molecule has 0 saturated carbocycles. The van der Waals surface area contributed by atoms with Crippen LogP contribution in [0, 0.1) is 0 Å². The predicted octanol–water partition coefficient (Wildman–Crippen LogP) is 12.5. The van der Waals surface area contributed by atoms with E-state index in [-0.39, 0.29) is 0 Å². The van der Waals surface area contributed by atoms with Crippen molar-refractivity contribution in [1.82, 2.24) is 15.0 Å². The summed E-state index contributed by atoms with van der Waals surface area (Å²) in [5.41, 5.74) is 11.0. The highest BCUT2D eigenvalue weighted by atomic mass is 32.1. The first-order chi connectivity index (χ1) is 28.1. The zero-order valence-electron chi connectivity index (χ0n) is 31.2. The summed E-state index contributed by atoms with van der Waals surface area (Å²) >= 11 is 1.83. The van der Waals surface area contributed by atoms with Gasteiger partial charge in [-0.2, -0.15) is 0 Å². The van der Waals surface area contributed by atoms with Crippen LogP contribution in [-0.4, -0.2) is 15.0 Å². The van der Waals surface area contributed by atoms with Crippen molar-refractivity contribution in [2.75, 3.05) is 0 Å². The Hall–Kier alpha value is -7.21. The number of benzene rings is 7. The van der Waals surface area contributed by atoms with Crippen molar-refractivity contribution in [3.63, 3.8) is 0 Å². The third kappa shape index (κ3) is 6.24. The molecule has 5 heteroatoms. The van der Waals surface area contributed by atoms with Crippen molar-refractivity contribution in [1.29, 1.82) is 0 Å². The van der Waals surface area contributed by atoms with Gasteiger partial charge in [0.05, 0.1) is 0 Å².